The predicted molar refractivity (Wildman–Crippen MR) is 79.9 cm³/mol. The number of aliphatic hydroxyl groups excluding tert-OH is 1. The van der Waals surface area contributed by atoms with Gasteiger partial charge in [0.25, 0.3) is 5.91 Å². The standard InChI is InChI=1S/C16H23NO4/c1-9-11(20-4)6-10(7-12(9)21-5)15(19)17-13-8-14(18)16(13,2)3/h6-7,13-14,18H,8H2,1-5H3,(H,17,19). The maximum Gasteiger partial charge on any atom is 0.251 e. The number of rotatable bonds is 4. The van der Waals surface area contributed by atoms with Crippen LogP contribution in [-0.4, -0.2) is 37.4 Å². The number of hydrogen-bond acceptors (Lipinski definition) is 4. The first-order valence-corrected chi connectivity index (χ1v) is 7.02. The summed E-state index contributed by atoms with van der Waals surface area (Å²) in [6, 6.07) is 3.38. The van der Waals surface area contributed by atoms with E-state index in [1.165, 1.54) is 0 Å². The number of benzene rings is 1. The molecule has 116 valence electrons. The van der Waals surface area contributed by atoms with Gasteiger partial charge in [0.15, 0.2) is 0 Å². The van der Waals surface area contributed by atoms with Crippen LogP contribution in [0.3, 0.4) is 0 Å². The van der Waals surface area contributed by atoms with Gasteiger partial charge in [-0.15, -0.1) is 0 Å². The van der Waals surface area contributed by atoms with Crippen molar-refractivity contribution < 1.29 is 19.4 Å². The van der Waals surface area contributed by atoms with Crippen LogP contribution >= 0.6 is 0 Å². The number of methoxy groups -OCH3 is 2. The summed E-state index contributed by atoms with van der Waals surface area (Å²) in [4.78, 5) is 12.4. The Kier molecular flexibility index (Phi) is 4.14. The lowest BCUT2D eigenvalue weighted by Crippen LogP contribution is -2.61. The number of ether oxygens (including phenoxy) is 2. The molecule has 0 aromatic heterocycles. The van der Waals surface area contributed by atoms with Crippen molar-refractivity contribution in [1.82, 2.24) is 5.32 Å². The van der Waals surface area contributed by atoms with Gasteiger partial charge >= 0.3 is 0 Å². The highest BCUT2D eigenvalue weighted by molar-refractivity contribution is 5.95. The molecule has 1 saturated carbocycles. The van der Waals surface area contributed by atoms with E-state index in [0.29, 0.717) is 23.5 Å². The molecule has 0 bridgehead atoms. The highest BCUT2D eigenvalue weighted by Crippen LogP contribution is 2.40. The molecule has 1 fully saturated rings. The van der Waals surface area contributed by atoms with Gasteiger partial charge in [-0.25, -0.2) is 0 Å². The first-order valence-electron chi connectivity index (χ1n) is 7.02. The van der Waals surface area contributed by atoms with Gasteiger partial charge in [-0.1, -0.05) is 13.8 Å². The highest BCUT2D eigenvalue weighted by Gasteiger charge is 2.48. The Labute approximate surface area is 125 Å². The minimum absolute atomic E-state index is 0.0294. The van der Waals surface area contributed by atoms with E-state index in [2.05, 4.69) is 5.32 Å². The maximum atomic E-state index is 12.4. The SMILES string of the molecule is COc1cc(C(=O)NC2CC(O)C2(C)C)cc(OC)c1C. The molecule has 1 aliphatic rings. The van der Waals surface area contributed by atoms with Gasteiger partial charge in [0.1, 0.15) is 11.5 Å². The molecule has 1 aliphatic carbocycles. The Hall–Kier alpha value is -1.75. The maximum absolute atomic E-state index is 12.4. The Balaban J connectivity index is 2.20. The van der Waals surface area contributed by atoms with Crippen LogP contribution < -0.4 is 14.8 Å². The second kappa shape index (κ2) is 5.56. The molecule has 2 atom stereocenters. The summed E-state index contributed by atoms with van der Waals surface area (Å²) in [5.41, 5.74) is 1.05. The zero-order valence-electron chi connectivity index (χ0n) is 13.2. The molecule has 0 aliphatic heterocycles. The number of aliphatic hydroxyl groups is 1. The van der Waals surface area contributed by atoms with Crippen molar-refractivity contribution in [2.24, 2.45) is 5.41 Å². The third-order valence-corrected chi connectivity index (χ3v) is 4.54. The molecule has 2 rings (SSSR count). The summed E-state index contributed by atoms with van der Waals surface area (Å²) in [7, 11) is 3.13. The quantitative estimate of drug-likeness (QED) is 0.889. The summed E-state index contributed by atoms with van der Waals surface area (Å²) < 4.78 is 10.6. The number of carbonyl (C=O) groups is 1. The Bertz CT molecular complexity index is 528. The largest absolute Gasteiger partial charge is 0.496 e. The van der Waals surface area contributed by atoms with Gasteiger partial charge < -0.3 is 19.9 Å². The van der Waals surface area contributed by atoms with Crippen molar-refractivity contribution in [3.63, 3.8) is 0 Å². The van der Waals surface area contributed by atoms with Crippen LogP contribution in [0.1, 0.15) is 36.2 Å². The third-order valence-electron chi connectivity index (χ3n) is 4.54. The van der Waals surface area contributed by atoms with Crippen molar-refractivity contribution in [1.29, 1.82) is 0 Å². The molecule has 5 heteroatoms. The zero-order chi connectivity index (χ0) is 15.8. The van der Waals surface area contributed by atoms with Gasteiger partial charge in [0.05, 0.1) is 20.3 Å². The summed E-state index contributed by atoms with van der Waals surface area (Å²) in [5.74, 6) is 1.05. The highest BCUT2D eigenvalue weighted by atomic mass is 16.5. The lowest BCUT2D eigenvalue weighted by atomic mass is 9.64. The average molecular weight is 293 g/mol. The second-order valence-corrected chi connectivity index (χ2v) is 6.10. The monoisotopic (exact) mass is 293 g/mol. The zero-order valence-corrected chi connectivity index (χ0v) is 13.2. The fourth-order valence-electron chi connectivity index (χ4n) is 2.61. The van der Waals surface area contributed by atoms with E-state index in [4.69, 9.17) is 9.47 Å². The van der Waals surface area contributed by atoms with Gasteiger partial charge in [-0.2, -0.15) is 0 Å². The van der Waals surface area contributed by atoms with Gasteiger partial charge in [0, 0.05) is 22.6 Å². The van der Waals surface area contributed by atoms with Gasteiger partial charge in [-0.05, 0) is 25.5 Å². The molecule has 1 aromatic carbocycles. The summed E-state index contributed by atoms with van der Waals surface area (Å²) in [6.07, 6.45) is 0.212. The Morgan fingerprint density at radius 2 is 1.81 bits per heavy atom. The molecule has 2 unspecified atom stereocenters. The number of nitrogens with one attached hydrogen (secondary N) is 1. The second-order valence-electron chi connectivity index (χ2n) is 6.10. The first kappa shape index (κ1) is 15.6. The lowest BCUT2D eigenvalue weighted by molar-refractivity contribution is -0.0689. The molecule has 0 heterocycles. The number of amides is 1. The predicted octanol–water partition coefficient (Wildman–Crippen LogP) is 1.90. The van der Waals surface area contributed by atoms with Crippen LogP contribution in [0.15, 0.2) is 12.1 Å². The molecule has 0 spiro atoms. The molecule has 2 N–H and O–H groups in total. The smallest absolute Gasteiger partial charge is 0.251 e. The van der Waals surface area contributed by atoms with Crippen molar-refractivity contribution in [2.45, 2.75) is 39.3 Å². The van der Waals surface area contributed by atoms with E-state index in [1.54, 1.807) is 26.4 Å². The van der Waals surface area contributed by atoms with Crippen LogP contribution in [0.25, 0.3) is 0 Å². The van der Waals surface area contributed by atoms with Crippen LogP contribution in [0.2, 0.25) is 0 Å². The number of carbonyl (C=O) groups excluding carboxylic acids is 1. The van der Waals surface area contributed by atoms with E-state index >= 15 is 0 Å². The van der Waals surface area contributed by atoms with Crippen molar-refractivity contribution >= 4 is 5.91 Å². The molecule has 0 saturated heterocycles. The van der Waals surface area contributed by atoms with Crippen LogP contribution in [0, 0.1) is 12.3 Å². The molecular weight excluding hydrogens is 270 g/mol. The van der Waals surface area contributed by atoms with E-state index in [9.17, 15) is 9.90 Å². The first-order chi connectivity index (χ1) is 9.81. The molecule has 1 aromatic rings. The number of hydrogen-bond donors (Lipinski definition) is 2. The fraction of sp³-hybridized carbons (Fsp3) is 0.562. The average Bonchev–Trinajstić information content (AvgIpc) is 2.47. The topological polar surface area (TPSA) is 67.8 Å². The molecule has 0 radical (unpaired) electrons. The minimum Gasteiger partial charge on any atom is -0.496 e. The van der Waals surface area contributed by atoms with Crippen LogP contribution in [0.4, 0.5) is 0 Å². The van der Waals surface area contributed by atoms with E-state index in [-0.39, 0.29) is 23.5 Å². The normalized spacial score (nSPS) is 23.1. The van der Waals surface area contributed by atoms with Crippen molar-refractivity contribution in [3.05, 3.63) is 23.3 Å². The molecule has 5 nitrogen and oxygen atoms in total. The summed E-state index contributed by atoms with van der Waals surface area (Å²) in [6.45, 7) is 5.77. The minimum atomic E-state index is -0.370. The lowest BCUT2D eigenvalue weighted by Gasteiger charge is -2.49. The van der Waals surface area contributed by atoms with Gasteiger partial charge in [0.2, 0.25) is 0 Å². The van der Waals surface area contributed by atoms with E-state index < -0.39 is 0 Å². The summed E-state index contributed by atoms with van der Waals surface area (Å²) in [5, 5.41) is 12.7. The van der Waals surface area contributed by atoms with Gasteiger partial charge in [-0.3, -0.25) is 4.79 Å². The van der Waals surface area contributed by atoms with E-state index in [1.807, 2.05) is 20.8 Å². The molecule has 1 amide bonds. The third kappa shape index (κ3) is 2.70. The summed E-state index contributed by atoms with van der Waals surface area (Å²) >= 11 is 0. The van der Waals surface area contributed by atoms with Crippen molar-refractivity contribution in [2.75, 3.05) is 14.2 Å². The molecular formula is C16H23NO4. The van der Waals surface area contributed by atoms with Crippen LogP contribution in [0.5, 0.6) is 11.5 Å². The molecule has 21 heavy (non-hydrogen) atoms. The Morgan fingerprint density at radius 1 is 1.29 bits per heavy atom. The Morgan fingerprint density at radius 3 is 2.19 bits per heavy atom. The van der Waals surface area contributed by atoms with E-state index in [0.717, 1.165) is 5.56 Å². The van der Waals surface area contributed by atoms with Crippen LogP contribution in [-0.2, 0) is 0 Å². The van der Waals surface area contributed by atoms with Crippen molar-refractivity contribution in [3.8, 4) is 11.5 Å². The fourth-order valence-corrected chi connectivity index (χ4v) is 2.61.